The predicted octanol–water partition coefficient (Wildman–Crippen LogP) is 17.2. The molecule has 6 aliphatic rings. The average molecular weight is 1030 g/mol. The third kappa shape index (κ3) is 13.0. The van der Waals surface area contributed by atoms with Crippen LogP contribution >= 0.6 is 0 Å². The molecule has 0 aromatic heterocycles. The molecule has 0 bridgehead atoms. The lowest BCUT2D eigenvalue weighted by Gasteiger charge is -2.41. The zero-order valence-corrected chi connectivity index (χ0v) is 50.3. The van der Waals surface area contributed by atoms with E-state index in [0.29, 0.717) is 12.8 Å². The van der Waals surface area contributed by atoms with Gasteiger partial charge in [0, 0.05) is 40.7 Å². The van der Waals surface area contributed by atoms with Crippen molar-refractivity contribution in [1.29, 1.82) is 0 Å². The fourth-order valence-corrected chi connectivity index (χ4v) is 14.7. The number of epoxide rings is 2. The number of aliphatic hydroxyl groups excluding tert-OH is 2. The summed E-state index contributed by atoms with van der Waals surface area (Å²) in [5, 5.41) is 21.2. The summed E-state index contributed by atoms with van der Waals surface area (Å²) in [5.74, 6) is 4.67. The number of benzene rings is 1. The van der Waals surface area contributed by atoms with Crippen molar-refractivity contribution in [2.24, 2.45) is 34.5 Å². The van der Waals surface area contributed by atoms with Gasteiger partial charge < -0.3 is 29.2 Å². The molecule has 1 aromatic carbocycles. The molecule has 7 rings (SSSR count). The van der Waals surface area contributed by atoms with Crippen LogP contribution in [0.1, 0.15) is 216 Å². The molecule has 2 saturated heterocycles. The van der Waals surface area contributed by atoms with Gasteiger partial charge in [0.25, 0.3) is 0 Å². The average Bonchev–Trinajstić information content (AvgIpc) is 4.16. The highest BCUT2D eigenvalue weighted by Crippen LogP contribution is 2.67. The molecule has 0 spiro atoms. The second-order valence-corrected chi connectivity index (χ2v) is 27.8. The van der Waals surface area contributed by atoms with Crippen molar-refractivity contribution in [3.05, 3.63) is 117 Å². The molecule has 4 heterocycles. The van der Waals surface area contributed by atoms with Crippen LogP contribution in [0, 0.1) is 48.3 Å². The highest BCUT2D eigenvalue weighted by atomic mass is 16.6. The van der Waals surface area contributed by atoms with Gasteiger partial charge in [-0.2, -0.15) is 0 Å². The Morgan fingerprint density at radius 3 is 1.68 bits per heavy atom. The van der Waals surface area contributed by atoms with Crippen LogP contribution in [0.4, 0.5) is 0 Å². The Morgan fingerprint density at radius 1 is 0.600 bits per heavy atom. The zero-order chi connectivity index (χ0) is 54.9. The van der Waals surface area contributed by atoms with E-state index in [9.17, 15) is 10.2 Å². The first kappa shape index (κ1) is 59.2. The van der Waals surface area contributed by atoms with E-state index in [1.165, 1.54) is 84.8 Å². The minimum atomic E-state index is -0.385. The van der Waals surface area contributed by atoms with Crippen LogP contribution in [0.15, 0.2) is 95.2 Å². The van der Waals surface area contributed by atoms with Crippen LogP contribution in [-0.2, 0) is 22.3 Å². The quantitative estimate of drug-likeness (QED) is 0.0889. The normalized spacial score (nSPS) is 34.3. The Labute approximate surface area is 457 Å². The molecule has 6 heteroatoms. The molecule has 2 N–H and O–H groups in total. The van der Waals surface area contributed by atoms with Crippen LogP contribution in [-0.4, -0.2) is 56.5 Å². The summed E-state index contributed by atoms with van der Waals surface area (Å²) in [4.78, 5) is 0. The smallest absolute Gasteiger partial charge is 0.127 e. The number of allylic oxidation sites excluding steroid dienone is 12. The fraction of sp³-hybridized carbons (Fsp3) is 0.681. The highest BCUT2D eigenvalue weighted by Gasteiger charge is 2.75. The Hall–Kier alpha value is -3.42. The molecular formula is C69H104O6. The standard InChI is InChI=1S/C69H104O6/c1-46(2)24-20-26-48(4)28-21-29-49(5)31-23-36-65(15)37-35-58-59-41-55(40-51(7)34-39-69-64(13,14)43-57(71)45-67(69,17)75-69)60(72-61(59)53(9)54(10)62(58)73-65)52(8)32-19-18-25-47(3)27-22-30-50(6)33-38-68-63(11,12)42-56(70)44-66(68,16)74-68/h18-19,22,25,27,30,32-34,38-40,46,48-49,55-57,60,70-71H,20-21,23-24,26,28-29,31,35-37,41-45H2,1-17H3/b19-18+,27-22+,38-33+,39-34+,47-25+,50-30-,51-40-,52-32-/t48?,49?,55-,56-,57+,60+,65+,66+,67-,68-,69+/m0/s1. The number of fused-ring (bicyclic) bond motifs is 5. The van der Waals surface area contributed by atoms with Crippen LogP contribution in [0.5, 0.6) is 11.5 Å². The Bertz CT molecular complexity index is 2450. The van der Waals surface area contributed by atoms with E-state index in [1.54, 1.807) is 0 Å². The number of hydrogen-bond donors (Lipinski definition) is 2. The molecule has 2 unspecified atom stereocenters. The lowest BCUT2D eigenvalue weighted by Crippen LogP contribution is -2.46. The maximum Gasteiger partial charge on any atom is 0.127 e. The van der Waals surface area contributed by atoms with E-state index in [2.05, 4.69) is 191 Å². The number of hydrogen-bond acceptors (Lipinski definition) is 6. The third-order valence-electron chi connectivity index (χ3n) is 19.4. The van der Waals surface area contributed by atoms with Gasteiger partial charge in [-0.3, -0.25) is 0 Å². The predicted molar refractivity (Wildman–Crippen MR) is 314 cm³/mol. The van der Waals surface area contributed by atoms with Crippen LogP contribution in [0.3, 0.4) is 0 Å². The van der Waals surface area contributed by atoms with E-state index in [-0.39, 0.29) is 63.1 Å². The maximum absolute atomic E-state index is 10.7. The van der Waals surface area contributed by atoms with Gasteiger partial charge in [0.1, 0.15) is 45.6 Å². The van der Waals surface area contributed by atoms with Gasteiger partial charge in [-0.05, 0) is 154 Å². The van der Waals surface area contributed by atoms with Gasteiger partial charge >= 0.3 is 0 Å². The minimum Gasteiger partial charge on any atom is -0.487 e. The zero-order valence-electron chi connectivity index (χ0n) is 50.3. The molecule has 0 radical (unpaired) electrons. The summed E-state index contributed by atoms with van der Waals surface area (Å²) in [6, 6.07) is 0. The molecule has 11 atom stereocenters. The number of ether oxygens (including phenoxy) is 4. The number of rotatable bonds is 22. The summed E-state index contributed by atoms with van der Waals surface area (Å²) in [6.07, 6.45) is 43.2. The van der Waals surface area contributed by atoms with E-state index in [1.807, 2.05) is 0 Å². The molecule has 1 aromatic rings. The first-order valence-electron chi connectivity index (χ1n) is 29.8. The first-order chi connectivity index (χ1) is 35.1. The lowest BCUT2D eigenvalue weighted by molar-refractivity contribution is 0.0501. The maximum atomic E-state index is 10.7. The minimum absolute atomic E-state index is 0.112. The fourth-order valence-electron chi connectivity index (χ4n) is 14.7. The van der Waals surface area contributed by atoms with Crippen molar-refractivity contribution in [2.75, 3.05) is 0 Å². The topological polar surface area (TPSA) is 84.0 Å². The van der Waals surface area contributed by atoms with Gasteiger partial charge in [0.05, 0.1) is 12.2 Å². The summed E-state index contributed by atoms with van der Waals surface area (Å²) in [5.41, 5.74) is 7.96. The molecule has 4 fully saturated rings. The molecule has 416 valence electrons. The monoisotopic (exact) mass is 1030 g/mol. The van der Waals surface area contributed by atoms with Gasteiger partial charge in [-0.15, -0.1) is 0 Å². The molecule has 75 heavy (non-hydrogen) atoms. The molecule has 2 aliphatic carbocycles. The second-order valence-electron chi connectivity index (χ2n) is 27.8. The summed E-state index contributed by atoms with van der Waals surface area (Å²) < 4.78 is 27.4. The summed E-state index contributed by atoms with van der Waals surface area (Å²) in [7, 11) is 0. The SMILES string of the molecule is CC(=C/C=C/C(C)=C/C=C/C=C(/C)[C@H]1Oc2c(C)c(C)c3c(c2C[C@@H]1/C=C(C)\C=C\[C@]12O[C@@]1(C)C[C@H](O)CC2(C)C)CC[C@@](C)(CCCC(C)CCCC(C)CCCC(C)C)O3)/C=C/[C@@]12O[C@]1(C)C[C@@H](O)CC2(C)C. The third-order valence-corrected chi connectivity index (χ3v) is 19.4. The van der Waals surface area contributed by atoms with Crippen molar-refractivity contribution >= 4 is 0 Å². The highest BCUT2D eigenvalue weighted by molar-refractivity contribution is 5.61. The van der Waals surface area contributed by atoms with Gasteiger partial charge in [-0.25, -0.2) is 0 Å². The molecule has 0 amide bonds. The Morgan fingerprint density at radius 2 is 1.11 bits per heavy atom. The number of aliphatic hydroxyl groups is 2. The van der Waals surface area contributed by atoms with Crippen molar-refractivity contribution in [2.45, 2.75) is 267 Å². The van der Waals surface area contributed by atoms with Gasteiger partial charge in [0.15, 0.2) is 0 Å². The van der Waals surface area contributed by atoms with Crippen molar-refractivity contribution in [1.82, 2.24) is 0 Å². The van der Waals surface area contributed by atoms with E-state index < -0.39 is 0 Å². The van der Waals surface area contributed by atoms with Crippen molar-refractivity contribution in [3.8, 4) is 11.5 Å². The Kier molecular flexibility index (Phi) is 18.3. The van der Waals surface area contributed by atoms with E-state index in [0.717, 1.165) is 78.9 Å². The summed E-state index contributed by atoms with van der Waals surface area (Å²) in [6.45, 7) is 38.3. The van der Waals surface area contributed by atoms with Crippen LogP contribution < -0.4 is 9.47 Å². The first-order valence-corrected chi connectivity index (χ1v) is 29.8. The molecular weight excluding hydrogens is 925 g/mol. The van der Waals surface area contributed by atoms with Crippen LogP contribution in [0.25, 0.3) is 0 Å². The molecule has 6 nitrogen and oxygen atoms in total. The molecule has 4 aliphatic heterocycles. The second kappa shape index (κ2) is 23.1. The lowest BCUT2D eigenvalue weighted by atomic mass is 9.63. The molecule has 2 saturated carbocycles. The largest absolute Gasteiger partial charge is 0.487 e. The van der Waals surface area contributed by atoms with E-state index >= 15 is 0 Å². The Balaban J connectivity index is 1.05. The van der Waals surface area contributed by atoms with Gasteiger partial charge in [0.2, 0.25) is 0 Å². The van der Waals surface area contributed by atoms with Crippen molar-refractivity contribution in [3.63, 3.8) is 0 Å². The summed E-state index contributed by atoms with van der Waals surface area (Å²) >= 11 is 0. The van der Waals surface area contributed by atoms with Crippen LogP contribution in [0.2, 0.25) is 0 Å². The van der Waals surface area contributed by atoms with E-state index in [4.69, 9.17) is 18.9 Å². The van der Waals surface area contributed by atoms with Crippen molar-refractivity contribution < 1.29 is 29.2 Å². The van der Waals surface area contributed by atoms with Gasteiger partial charge in [-0.1, -0.05) is 178 Å².